The smallest absolute Gasteiger partial charge is 0.407 e. The van der Waals surface area contributed by atoms with Gasteiger partial charge in [-0.2, -0.15) is 0 Å². The maximum absolute atomic E-state index is 12.4. The second-order valence-electron chi connectivity index (χ2n) is 7.00. The molecule has 4 rings (SSSR count). The fraction of sp³-hybridized carbons (Fsp3) is 0.333. The zero-order valence-electron chi connectivity index (χ0n) is 14.9. The van der Waals surface area contributed by atoms with Crippen molar-refractivity contribution in [3.63, 3.8) is 0 Å². The molecule has 0 bridgehead atoms. The van der Waals surface area contributed by atoms with E-state index in [4.69, 9.17) is 4.74 Å². The van der Waals surface area contributed by atoms with Crippen LogP contribution in [0, 0.1) is 0 Å². The van der Waals surface area contributed by atoms with E-state index in [1.807, 2.05) is 54.6 Å². The normalized spacial score (nSPS) is 24.0. The average molecular weight is 366 g/mol. The summed E-state index contributed by atoms with van der Waals surface area (Å²) in [7, 11) is 0. The zero-order valence-corrected chi connectivity index (χ0v) is 14.9. The minimum Gasteiger partial charge on any atom is -0.445 e. The molecule has 27 heavy (non-hydrogen) atoms. The Morgan fingerprint density at radius 2 is 1.89 bits per heavy atom. The van der Waals surface area contributed by atoms with Crippen molar-refractivity contribution in [3.05, 3.63) is 71.3 Å². The Labute approximate surface area is 157 Å². The number of likely N-dealkylation sites (tertiary alicyclic amines) is 1. The Morgan fingerprint density at radius 1 is 1.15 bits per heavy atom. The van der Waals surface area contributed by atoms with Crippen LogP contribution in [0.1, 0.15) is 29.2 Å². The molecule has 0 saturated carbocycles. The van der Waals surface area contributed by atoms with E-state index in [2.05, 4.69) is 5.32 Å². The molecular formula is C21H22N2O4. The molecule has 2 aliphatic rings. The van der Waals surface area contributed by atoms with E-state index in [0.717, 1.165) is 16.7 Å². The van der Waals surface area contributed by atoms with E-state index in [1.165, 1.54) is 0 Å². The van der Waals surface area contributed by atoms with E-state index >= 15 is 0 Å². The van der Waals surface area contributed by atoms with E-state index in [1.54, 1.807) is 4.90 Å². The number of rotatable bonds is 4. The number of ether oxygens (including phenoxy) is 1. The van der Waals surface area contributed by atoms with Crippen molar-refractivity contribution in [3.8, 4) is 0 Å². The summed E-state index contributed by atoms with van der Waals surface area (Å²) in [5.74, 6) is -0.277. The van der Waals surface area contributed by atoms with Crippen molar-refractivity contribution >= 4 is 12.0 Å². The highest BCUT2D eigenvalue weighted by Crippen LogP contribution is 2.38. The number of carbonyl (C=O) groups excluding carboxylic acids is 2. The average Bonchev–Trinajstić information content (AvgIpc) is 3.20. The summed E-state index contributed by atoms with van der Waals surface area (Å²) in [4.78, 5) is 26.4. The number of aliphatic hydroxyl groups is 1. The molecule has 0 spiro atoms. The summed E-state index contributed by atoms with van der Waals surface area (Å²) in [5, 5.41) is 12.8. The van der Waals surface area contributed by atoms with Gasteiger partial charge in [-0.15, -0.1) is 0 Å². The van der Waals surface area contributed by atoms with Gasteiger partial charge in [0.2, 0.25) is 0 Å². The SMILES string of the molecule is O=C(N[C@@H]1Cc2ccccc2[C@H]1N1CC[C@H](O)C1=O)OCc1ccccc1. The number of aliphatic hydroxyl groups excluding tert-OH is 1. The Hall–Kier alpha value is -2.86. The van der Waals surface area contributed by atoms with E-state index in [0.29, 0.717) is 19.4 Å². The molecule has 1 fully saturated rings. The topological polar surface area (TPSA) is 78.9 Å². The maximum atomic E-state index is 12.4. The van der Waals surface area contributed by atoms with Gasteiger partial charge in [-0.25, -0.2) is 4.79 Å². The fourth-order valence-electron chi connectivity index (χ4n) is 3.97. The van der Waals surface area contributed by atoms with E-state index < -0.39 is 12.2 Å². The van der Waals surface area contributed by atoms with Gasteiger partial charge in [0.25, 0.3) is 5.91 Å². The molecule has 1 aliphatic carbocycles. The molecule has 2 amide bonds. The van der Waals surface area contributed by atoms with E-state index in [-0.39, 0.29) is 24.6 Å². The van der Waals surface area contributed by atoms with Crippen LogP contribution < -0.4 is 5.32 Å². The fourth-order valence-corrected chi connectivity index (χ4v) is 3.97. The van der Waals surface area contributed by atoms with Crippen LogP contribution in [-0.2, 0) is 22.6 Å². The molecule has 0 radical (unpaired) electrons. The highest BCUT2D eigenvalue weighted by atomic mass is 16.5. The summed E-state index contributed by atoms with van der Waals surface area (Å²) < 4.78 is 5.34. The molecular weight excluding hydrogens is 344 g/mol. The first-order valence-corrected chi connectivity index (χ1v) is 9.17. The third-order valence-electron chi connectivity index (χ3n) is 5.26. The first-order valence-electron chi connectivity index (χ1n) is 9.17. The standard InChI is InChI=1S/C21H22N2O4/c24-18-10-11-23(20(18)25)19-16-9-5-4-8-15(16)12-17(19)22-21(26)27-13-14-6-2-1-3-7-14/h1-9,17-19,24H,10-13H2,(H,22,26)/t17-,18+,19-/m1/s1. The summed E-state index contributed by atoms with van der Waals surface area (Å²) in [6.45, 7) is 0.675. The van der Waals surface area contributed by atoms with Crippen molar-refractivity contribution in [2.75, 3.05) is 6.54 Å². The van der Waals surface area contributed by atoms with Gasteiger partial charge in [-0.1, -0.05) is 54.6 Å². The van der Waals surface area contributed by atoms with Gasteiger partial charge in [0.15, 0.2) is 0 Å². The first-order chi connectivity index (χ1) is 13.1. The van der Waals surface area contributed by atoms with E-state index in [9.17, 15) is 14.7 Å². The van der Waals surface area contributed by atoms with Gasteiger partial charge in [0, 0.05) is 6.54 Å². The first kappa shape index (κ1) is 17.5. The lowest BCUT2D eigenvalue weighted by Gasteiger charge is -2.30. The number of carbonyl (C=O) groups is 2. The van der Waals surface area contributed by atoms with Gasteiger partial charge in [0.05, 0.1) is 12.1 Å². The summed E-state index contributed by atoms with van der Waals surface area (Å²) in [6.07, 6.45) is -0.415. The molecule has 1 heterocycles. The van der Waals surface area contributed by atoms with Gasteiger partial charge in [-0.3, -0.25) is 4.79 Å². The molecule has 1 saturated heterocycles. The Balaban J connectivity index is 1.47. The molecule has 3 atom stereocenters. The molecule has 140 valence electrons. The molecule has 6 heteroatoms. The van der Waals surface area contributed by atoms with Crippen molar-refractivity contribution in [2.45, 2.75) is 37.6 Å². The van der Waals surface area contributed by atoms with Crippen molar-refractivity contribution in [1.82, 2.24) is 10.2 Å². The minimum absolute atomic E-state index is 0.193. The van der Waals surface area contributed by atoms with Crippen molar-refractivity contribution in [2.24, 2.45) is 0 Å². The predicted octanol–water partition coefficient (Wildman–Crippen LogP) is 2.17. The second kappa shape index (κ2) is 7.40. The van der Waals surface area contributed by atoms with Crippen LogP contribution >= 0.6 is 0 Å². The highest BCUT2D eigenvalue weighted by Gasteiger charge is 2.43. The molecule has 6 nitrogen and oxygen atoms in total. The summed E-state index contributed by atoms with van der Waals surface area (Å²) >= 11 is 0. The Bertz CT molecular complexity index is 839. The maximum Gasteiger partial charge on any atom is 0.407 e. The number of nitrogens with zero attached hydrogens (tertiary/aromatic N) is 1. The predicted molar refractivity (Wildman–Crippen MR) is 98.8 cm³/mol. The van der Waals surface area contributed by atoms with Crippen LogP contribution in [0.15, 0.2) is 54.6 Å². The molecule has 0 aromatic heterocycles. The van der Waals surface area contributed by atoms with Gasteiger partial charge in [0.1, 0.15) is 12.7 Å². The van der Waals surface area contributed by atoms with Crippen LogP contribution in [0.2, 0.25) is 0 Å². The molecule has 1 aliphatic heterocycles. The molecule has 2 aromatic carbocycles. The Morgan fingerprint density at radius 3 is 2.63 bits per heavy atom. The number of hydrogen-bond donors (Lipinski definition) is 2. The lowest BCUT2D eigenvalue weighted by atomic mass is 10.1. The van der Waals surface area contributed by atoms with Crippen molar-refractivity contribution in [1.29, 1.82) is 0 Å². The molecule has 0 unspecified atom stereocenters. The summed E-state index contributed by atoms with van der Waals surface area (Å²) in [6, 6.07) is 16.8. The van der Waals surface area contributed by atoms with Crippen LogP contribution in [0.5, 0.6) is 0 Å². The van der Waals surface area contributed by atoms with Crippen LogP contribution in [0.4, 0.5) is 4.79 Å². The van der Waals surface area contributed by atoms with Gasteiger partial charge < -0.3 is 20.1 Å². The van der Waals surface area contributed by atoms with Crippen molar-refractivity contribution < 1.29 is 19.4 Å². The zero-order chi connectivity index (χ0) is 18.8. The number of nitrogens with one attached hydrogen (secondary N) is 1. The lowest BCUT2D eigenvalue weighted by molar-refractivity contribution is -0.136. The third kappa shape index (κ3) is 3.53. The highest BCUT2D eigenvalue weighted by molar-refractivity contribution is 5.83. The van der Waals surface area contributed by atoms with Crippen LogP contribution in [0.3, 0.4) is 0 Å². The summed E-state index contributed by atoms with van der Waals surface area (Å²) in [5.41, 5.74) is 3.04. The van der Waals surface area contributed by atoms with Gasteiger partial charge in [-0.05, 0) is 29.5 Å². The number of benzene rings is 2. The van der Waals surface area contributed by atoms with Crippen LogP contribution in [0.25, 0.3) is 0 Å². The second-order valence-corrected chi connectivity index (χ2v) is 7.00. The third-order valence-corrected chi connectivity index (χ3v) is 5.26. The molecule has 2 N–H and O–H groups in total. The largest absolute Gasteiger partial charge is 0.445 e. The quantitative estimate of drug-likeness (QED) is 0.869. The number of hydrogen-bond acceptors (Lipinski definition) is 4. The number of alkyl carbamates (subject to hydrolysis) is 1. The van der Waals surface area contributed by atoms with Crippen LogP contribution in [-0.4, -0.2) is 40.7 Å². The Kier molecular flexibility index (Phi) is 4.81. The lowest BCUT2D eigenvalue weighted by Crippen LogP contribution is -2.46. The van der Waals surface area contributed by atoms with Gasteiger partial charge >= 0.3 is 6.09 Å². The monoisotopic (exact) mass is 366 g/mol. The molecule has 2 aromatic rings. The minimum atomic E-state index is -0.955. The number of fused-ring (bicyclic) bond motifs is 1. The number of amides is 2.